The molecule has 394 valence electrons. The second-order valence-corrected chi connectivity index (χ2v) is 25.3. The average molecular weight is 1050 g/mol. The van der Waals surface area contributed by atoms with Crippen LogP contribution in [0, 0.1) is 0 Å². The quantitative estimate of drug-likeness (QED) is 0.155. The molecule has 0 radical (unpaired) electrons. The molecule has 7 heteroatoms. The Bertz CT molecular complexity index is 4310. The van der Waals surface area contributed by atoms with Crippen LogP contribution in [0.5, 0.6) is 0 Å². The van der Waals surface area contributed by atoms with Gasteiger partial charge in [-0.15, -0.1) is 0 Å². The van der Waals surface area contributed by atoms with E-state index in [9.17, 15) is 0 Å². The fourth-order valence-corrected chi connectivity index (χ4v) is 12.5. The third kappa shape index (κ3) is 7.84. The van der Waals surface area contributed by atoms with Gasteiger partial charge in [0.15, 0.2) is 0 Å². The molecule has 0 saturated carbocycles. The van der Waals surface area contributed by atoms with Gasteiger partial charge in [0.25, 0.3) is 0 Å². The van der Waals surface area contributed by atoms with E-state index in [-0.39, 0.29) is 16.2 Å². The fourth-order valence-electron chi connectivity index (χ4n) is 12.5. The largest absolute Gasteiger partial charge is 0.468 e. The van der Waals surface area contributed by atoms with Crippen LogP contribution in [-0.4, -0.2) is 6.71 Å². The van der Waals surface area contributed by atoms with Crippen LogP contribution in [0.25, 0.3) is 88.8 Å². The molecule has 6 nitrogen and oxygen atoms in total. The molecule has 0 aliphatic carbocycles. The molecule has 0 N–H and O–H groups in total. The molecule has 0 saturated heterocycles. The lowest BCUT2D eigenvalue weighted by Gasteiger charge is -2.42. The van der Waals surface area contributed by atoms with Crippen LogP contribution in [0.4, 0.5) is 34.1 Å². The lowest BCUT2D eigenvalue weighted by molar-refractivity contribution is 0.590. The number of furan rings is 4. The molecule has 0 amide bonds. The first-order chi connectivity index (χ1) is 39.0. The summed E-state index contributed by atoms with van der Waals surface area (Å²) >= 11 is 0. The maximum atomic E-state index is 7.58. The van der Waals surface area contributed by atoms with Gasteiger partial charge in [-0.05, 0) is 122 Å². The van der Waals surface area contributed by atoms with Crippen molar-refractivity contribution >= 4 is 101 Å². The molecule has 4 aromatic heterocycles. The standard InChI is InChI=1S/C74H61BN2O4/c1-72(2,3)50-30-34-63-55(40-50)68-70(80-63)75-67-59(76(68)57-36-48(28-32-53(57)44-20-12-10-13-21-44)65-38-46-24-16-18-26-61(46)78-65)42-52(74(7,8)9)43-60(67)77(69-56-41-51(73(4,5)6)31-35-64(56)81-71(69)75)58-37-49(29-33-54(58)45-22-14-11-15-23-45)66-39-47-25-17-19-27-62(47)79-66/h10-43H,1-9H3. The van der Waals surface area contributed by atoms with Gasteiger partial charge in [0, 0.05) is 55.2 Å². The highest BCUT2D eigenvalue weighted by atomic mass is 16.4. The highest BCUT2D eigenvalue weighted by Gasteiger charge is 2.51. The zero-order valence-corrected chi connectivity index (χ0v) is 47.2. The van der Waals surface area contributed by atoms with Crippen molar-refractivity contribution in [3.63, 3.8) is 0 Å². The van der Waals surface area contributed by atoms with E-state index < -0.39 is 6.71 Å². The van der Waals surface area contributed by atoms with Crippen LogP contribution in [0.2, 0.25) is 0 Å². The van der Waals surface area contributed by atoms with E-state index in [1.807, 2.05) is 24.3 Å². The molecule has 0 spiro atoms. The highest BCUT2D eigenvalue weighted by Crippen LogP contribution is 2.54. The molecule has 2 aliphatic heterocycles. The van der Waals surface area contributed by atoms with Crippen molar-refractivity contribution in [2.24, 2.45) is 0 Å². The molecule has 13 aromatic rings. The van der Waals surface area contributed by atoms with E-state index in [0.29, 0.717) is 0 Å². The maximum absolute atomic E-state index is 7.58. The molecule has 0 bridgehead atoms. The number of para-hydroxylation sites is 2. The normalized spacial score (nSPS) is 13.4. The van der Waals surface area contributed by atoms with Crippen molar-refractivity contribution in [1.29, 1.82) is 0 Å². The first kappa shape index (κ1) is 48.9. The van der Waals surface area contributed by atoms with Gasteiger partial charge in [-0.2, -0.15) is 0 Å². The molecule has 0 atom stereocenters. The van der Waals surface area contributed by atoms with Crippen LogP contribution in [0.15, 0.2) is 224 Å². The van der Waals surface area contributed by atoms with Gasteiger partial charge in [-0.3, -0.25) is 0 Å². The number of hydrogen-bond donors (Lipinski definition) is 0. The van der Waals surface area contributed by atoms with E-state index in [0.717, 1.165) is 140 Å². The summed E-state index contributed by atoms with van der Waals surface area (Å²) in [7, 11) is 0. The van der Waals surface area contributed by atoms with Crippen molar-refractivity contribution in [1.82, 2.24) is 0 Å². The zero-order valence-electron chi connectivity index (χ0n) is 47.2. The third-order valence-electron chi connectivity index (χ3n) is 16.9. The van der Waals surface area contributed by atoms with E-state index in [4.69, 9.17) is 17.7 Å². The van der Waals surface area contributed by atoms with Crippen molar-refractivity contribution in [3.8, 4) is 44.9 Å². The third-order valence-corrected chi connectivity index (χ3v) is 16.9. The molecule has 2 aliphatic rings. The van der Waals surface area contributed by atoms with Crippen molar-refractivity contribution < 1.29 is 17.7 Å². The Morgan fingerprint density at radius 2 is 0.728 bits per heavy atom. The molecule has 81 heavy (non-hydrogen) atoms. The van der Waals surface area contributed by atoms with E-state index in [1.165, 1.54) is 16.7 Å². The van der Waals surface area contributed by atoms with Crippen molar-refractivity contribution in [2.45, 2.75) is 78.6 Å². The van der Waals surface area contributed by atoms with E-state index in [2.05, 4.69) is 254 Å². The number of hydrogen-bond acceptors (Lipinski definition) is 6. The summed E-state index contributed by atoms with van der Waals surface area (Å²) in [5.41, 5.74) is 21.5. The summed E-state index contributed by atoms with van der Waals surface area (Å²) in [6.45, 7) is 20.3. The molecular formula is C74H61BN2O4. The Labute approximate surface area is 473 Å². The van der Waals surface area contributed by atoms with E-state index >= 15 is 0 Å². The Kier molecular flexibility index (Phi) is 10.7. The first-order valence-electron chi connectivity index (χ1n) is 28.3. The summed E-state index contributed by atoms with van der Waals surface area (Å²) in [6.07, 6.45) is 0. The van der Waals surface area contributed by atoms with Crippen LogP contribution in [0.3, 0.4) is 0 Å². The second kappa shape index (κ2) is 17.7. The summed E-state index contributed by atoms with van der Waals surface area (Å²) in [5.74, 6) is 1.60. The number of benzene rings is 9. The molecule has 0 fully saturated rings. The minimum Gasteiger partial charge on any atom is -0.468 e. The van der Waals surface area contributed by atoms with Crippen molar-refractivity contribution in [2.75, 3.05) is 9.80 Å². The fraction of sp³-hybridized carbons (Fsp3) is 0.162. The number of anilines is 6. The van der Waals surface area contributed by atoms with Crippen LogP contribution < -0.4 is 26.6 Å². The Morgan fingerprint density at radius 3 is 1.14 bits per heavy atom. The number of fused-ring (bicyclic) bond motifs is 10. The minimum absolute atomic E-state index is 0.145. The van der Waals surface area contributed by atoms with Crippen molar-refractivity contribution in [3.05, 3.63) is 223 Å². The van der Waals surface area contributed by atoms with Crippen LogP contribution in [0.1, 0.15) is 79.0 Å². The minimum atomic E-state index is -0.449. The van der Waals surface area contributed by atoms with Crippen LogP contribution >= 0.6 is 0 Å². The predicted molar refractivity (Wildman–Crippen MR) is 337 cm³/mol. The Balaban J connectivity index is 1.11. The maximum Gasteiger partial charge on any atom is 0.342 e. The summed E-state index contributed by atoms with van der Waals surface area (Å²) < 4.78 is 28.6. The molecule has 9 aromatic carbocycles. The molecule has 15 rings (SSSR count). The monoisotopic (exact) mass is 1050 g/mol. The summed E-state index contributed by atoms with van der Waals surface area (Å²) in [4.78, 5) is 5.05. The zero-order chi connectivity index (χ0) is 55.3. The topological polar surface area (TPSA) is 59.0 Å². The second-order valence-electron chi connectivity index (χ2n) is 25.3. The smallest absolute Gasteiger partial charge is 0.342 e. The highest BCUT2D eigenvalue weighted by molar-refractivity contribution is 6.99. The molecular weight excluding hydrogens is 992 g/mol. The van der Waals surface area contributed by atoms with Gasteiger partial charge in [0.1, 0.15) is 45.2 Å². The van der Waals surface area contributed by atoms with Gasteiger partial charge >= 0.3 is 6.71 Å². The predicted octanol–water partition coefficient (Wildman–Crippen LogP) is 19.3. The first-order valence-corrected chi connectivity index (χ1v) is 28.3. The number of rotatable bonds is 6. The molecule has 6 heterocycles. The lowest BCUT2D eigenvalue weighted by atomic mass is 9.37. The van der Waals surface area contributed by atoms with Gasteiger partial charge in [-0.1, -0.05) is 196 Å². The SMILES string of the molecule is CC(C)(C)c1cc2c3c(c1)N(c1cc(-c4cc5ccccc5o4)ccc1-c1ccccc1)c1c(oc4ccc(C(C)(C)C)cc14)B3c1oc3ccc(C(C)(C)C)cc3c1N2c1cc(-c2cc3ccccc3o2)ccc1-c1ccccc1. The average Bonchev–Trinajstić information content (AvgIpc) is 3.64. The van der Waals surface area contributed by atoms with E-state index in [1.54, 1.807) is 0 Å². The Morgan fingerprint density at radius 1 is 0.321 bits per heavy atom. The summed E-state index contributed by atoms with van der Waals surface area (Å²) in [5, 5.41) is 4.20. The summed E-state index contributed by atoms with van der Waals surface area (Å²) in [6, 6.07) is 74.5. The van der Waals surface area contributed by atoms with Gasteiger partial charge in [-0.25, -0.2) is 0 Å². The number of nitrogens with zero attached hydrogens (tertiary/aromatic N) is 2. The lowest BCUT2D eigenvalue weighted by Crippen LogP contribution is -2.60. The van der Waals surface area contributed by atoms with Gasteiger partial charge in [0.05, 0.1) is 22.7 Å². The van der Waals surface area contributed by atoms with Gasteiger partial charge in [0.2, 0.25) is 0 Å². The Hall–Kier alpha value is -9.20. The van der Waals surface area contributed by atoms with Crippen LogP contribution in [-0.2, 0) is 16.2 Å². The van der Waals surface area contributed by atoms with Gasteiger partial charge < -0.3 is 27.5 Å². The molecule has 0 unspecified atom stereocenters.